The molecule has 0 bridgehead atoms. The number of carbonyl (C=O) groups excluding carboxylic acids is 1. The predicted molar refractivity (Wildman–Crippen MR) is 41.9 cm³/mol. The van der Waals surface area contributed by atoms with Gasteiger partial charge in [0.25, 0.3) is 0 Å². The molecule has 1 N–H and O–H groups in total. The molecule has 0 saturated heterocycles. The van der Waals surface area contributed by atoms with Gasteiger partial charge < -0.3 is 10.1 Å². The number of ether oxygens (including phenoxy) is 1. The van der Waals surface area contributed by atoms with Crippen molar-refractivity contribution in [1.29, 1.82) is 0 Å². The molecule has 3 nitrogen and oxygen atoms in total. The Morgan fingerprint density at radius 3 is 3.09 bits per heavy atom. The number of hydrogen-bond acceptors (Lipinski definition) is 2. The Hall–Kier alpha value is -0.990. The van der Waals surface area contributed by atoms with Gasteiger partial charge in [0.15, 0.2) is 0 Å². The highest BCUT2D eigenvalue weighted by Gasteiger charge is 2.15. The maximum atomic E-state index is 10.9. The molecule has 0 aliphatic carbocycles. The topological polar surface area (TPSA) is 38.3 Å². The molecule has 1 atom stereocenters. The molecule has 11 heavy (non-hydrogen) atoms. The van der Waals surface area contributed by atoms with Crippen molar-refractivity contribution < 1.29 is 9.53 Å². The maximum absolute atomic E-state index is 10.9. The lowest BCUT2D eigenvalue weighted by Gasteiger charge is -2.19. The van der Waals surface area contributed by atoms with Crippen LogP contribution in [0.5, 0.6) is 0 Å². The van der Waals surface area contributed by atoms with Gasteiger partial charge in [-0.1, -0.05) is 0 Å². The van der Waals surface area contributed by atoms with E-state index in [9.17, 15) is 4.79 Å². The minimum atomic E-state index is -0.0489. The van der Waals surface area contributed by atoms with Crippen LogP contribution in [0.4, 0.5) is 0 Å². The van der Waals surface area contributed by atoms with Gasteiger partial charge in [-0.15, -0.1) is 0 Å². The smallest absolute Gasteiger partial charge is 0.247 e. The van der Waals surface area contributed by atoms with Crippen LogP contribution < -0.4 is 5.32 Å². The molecule has 0 aromatic carbocycles. The van der Waals surface area contributed by atoms with E-state index in [4.69, 9.17) is 4.74 Å². The summed E-state index contributed by atoms with van der Waals surface area (Å²) in [5.74, 6) is 0.746. The lowest BCUT2D eigenvalue weighted by molar-refractivity contribution is -0.117. The van der Waals surface area contributed by atoms with Crippen molar-refractivity contribution in [3.05, 3.63) is 11.8 Å². The molecule has 0 unspecified atom stereocenters. The maximum Gasteiger partial charge on any atom is 0.247 e. The van der Waals surface area contributed by atoms with E-state index < -0.39 is 0 Å². The van der Waals surface area contributed by atoms with Gasteiger partial charge >= 0.3 is 0 Å². The minimum absolute atomic E-state index is 0.0489. The summed E-state index contributed by atoms with van der Waals surface area (Å²) >= 11 is 0. The van der Waals surface area contributed by atoms with Crippen LogP contribution in [0.1, 0.15) is 20.3 Å². The number of carbonyl (C=O) groups is 1. The van der Waals surface area contributed by atoms with Crippen molar-refractivity contribution in [3.63, 3.8) is 0 Å². The Bertz CT molecular complexity index is 187. The van der Waals surface area contributed by atoms with E-state index in [-0.39, 0.29) is 11.9 Å². The van der Waals surface area contributed by atoms with Crippen molar-refractivity contribution in [3.8, 4) is 0 Å². The lowest BCUT2D eigenvalue weighted by Crippen LogP contribution is -2.35. The molecule has 0 fully saturated rings. The highest BCUT2D eigenvalue weighted by Crippen LogP contribution is 2.11. The first-order valence-corrected chi connectivity index (χ1v) is 3.86. The van der Waals surface area contributed by atoms with Gasteiger partial charge in [-0.2, -0.15) is 0 Å². The SMILES string of the molecule is CCOC1=CC(=O)N[C@@H](C)C1. The number of hydrogen-bond donors (Lipinski definition) is 1. The zero-order valence-corrected chi connectivity index (χ0v) is 6.89. The molecule has 0 spiro atoms. The van der Waals surface area contributed by atoms with Crippen molar-refractivity contribution in [2.75, 3.05) is 6.61 Å². The standard InChI is InChI=1S/C8H13NO2/c1-3-11-7-4-6(2)9-8(10)5-7/h5-6H,3-4H2,1-2H3,(H,9,10)/t6-/m0/s1. The fourth-order valence-corrected chi connectivity index (χ4v) is 1.13. The second kappa shape index (κ2) is 3.42. The second-order valence-corrected chi connectivity index (χ2v) is 2.66. The molecule has 1 amide bonds. The number of amides is 1. The molecule has 1 aliphatic heterocycles. The monoisotopic (exact) mass is 155 g/mol. The fraction of sp³-hybridized carbons (Fsp3) is 0.625. The zero-order chi connectivity index (χ0) is 8.27. The molecule has 1 aliphatic rings. The zero-order valence-electron chi connectivity index (χ0n) is 6.89. The van der Waals surface area contributed by atoms with Crippen LogP contribution in [0.15, 0.2) is 11.8 Å². The Morgan fingerprint density at radius 2 is 2.55 bits per heavy atom. The summed E-state index contributed by atoms with van der Waals surface area (Å²) in [7, 11) is 0. The van der Waals surface area contributed by atoms with Crippen LogP contribution in [-0.2, 0) is 9.53 Å². The van der Waals surface area contributed by atoms with Crippen LogP contribution in [0, 0.1) is 0 Å². The van der Waals surface area contributed by atoms with Crippen LogP contribution in [-0.4, -0.2) is 18.6 Å². The number of rotatable bonds is 2. The molecule has 1 rings (SSSR count). The summed E-state index contributed by atoms with van der Waals surface area (Å²) in [4.78, 5) is 10.9. The summed E-state index contributed by atoms with van der Waals surface area (Å²) in [5, 5.41) is 2.77. The first-order chi connectivity index (χ1) is 5.22. The van der Waals surface area contributed by atoms with Gasteiger partial charge in [-0.05, 0) is 13.8 Å². The largest absolute Gasteiger partial charge is 0.498 e. The van der Waals surface area contributed by atoms with Crippen LogP contribution in [0.2, 0.25) is 0 Å². The summed E-state index contributed by atoms with van der Waals surface area (Å²) in [5.41, 5.74) is 0. The molecule has 0 aromatic rings. The third-order valence-corrected chi connectivity index (χ3v) is 1.52. The summed E-state index contributed by atoms with van der Waals surface area (Å²) < 4.78 is 5.22. The van der Waals surface area contributed by atoms with Gasteiger partial charge in [0, 0.05) is 18.5 Å². The molecule has 1 heterocycles. The molecule has 62 valence electrons. The molecule has 0 saturated carbocycles. The van der Waals surface area contributed by atoms with E-state index in [0.29, 0.717) is 6.61 Å². The van der Waals surface area contributed by atoms with Gasteiger partial charge in [-0.3, -0.25) is 4.79 Å². The van der Waals surface area contributed by atoms with Crippen LogP contribution in [0.3, 0.4) is 0 Å². The lowest BCUT2D eigenvalue weighted by atomic mass is 10.1. The van der Waals surface area contributed by atoms with Gasteiger partial charge in [0.05, 0.1) is 6.61 Å². The quantitative estimate of drug-likeness (QED) is 0.641. The fourth-order valence-electron chi connectivity index (χ4n) is 1.13. The molecular formula is C8H13NO2. The van der Waals surface area contributed by atoms with Crippen molar-refractivity contribution in [2.45, 2.75) is 26.3 Å². The first kappa shape index (κ1) is 8.11. The van der Waals surface area contributed by atoms with E-state index in [1.54, 1.807) is 0 Å². The predicted octanol–water partition coefficient (Wildman–Crippen LogP) is 0.815. The highest BCUT2D eigenvalue weighted by atomic mass is 16.5. The van der Waals surface area contributed by atoms with E-state index in [2.05, 4.69) is 5.32 Å². The van der Waals surface area contributed by atoms with Crippen molar-refractivity contribution in [2.24, 2.45) is 0 Å². The first-order valence-electron chi connectivity index (χ1n) is 3.86. The second-order valence-electron chi connectivity index (χ2n) is 2.66. The highest BCUT2D eigenvalue weighted by molar-refractivity contribution is 5.89. The number of nitrogens with one attached hydrogen (secondary N) is 1. The normalized spacial score (nSPS) is 24.0. The van der Waals surface area contributed by atoms with Crippen molar-refractivity contribution in [1.82, 2.24) is 5.32 Å². The Morgan fingerprint density at radius 1 is 1.82 bits per heavy atom. The molecular weight excluding hydrogens is 142 g/mol. The Labute approximate surface area is 66.4 Å². The summed E-state index contributed by atoms with van der Waals surface area (Å²) in [6.45, 7) is 4.51. The van der Waals surface area contributed by atoms with Gasteiger partial charge in [0.1, 0.15) is 5.76 Å². The van der Waals surface area contributed by atoms with Crippen molar-refractivity contribution >= 4 is 5.91 Å². The minimum Gasteiger partial charge on any atom is -0.498 e. The molecule has 3 heteroatoms. The van der Waals surface area contributed by atoms with E-state index >= 15 is 0 Å². The summed E-state index contributed by atoms with van der Waals surface area (Å²) in [6, 6.07) is 0.203. The van der Waals surface area contributed by atoms with E-state index in [0.717, 1.165) is 12.2 Å². The summed E-state index contributed by atoms with van der Waals surface area (Å²) in [6.07, 6.45) is 2.32. The Balaban J connectivity index is 2.57. The van der Waals surface area contributed by atoms with E-state index in [1.165, 1.54) is 6.08 Å². The van der Waals surface area contributed by atoms with Gasteiger partial charge in [-0.25, -0.2) is 0 Å². The average molecular weight is 155 g/mol. The third kappa shape index (κ3) is 2.26. The van der Waals surface area contributed by atoms with Crippen LogP contribution in [0.25, 0.3) is 0 Å². The molecule has 0 radical (unpaired) electrons. The molecule has 0 aromatic heterocycles. The van der Waals surface area contributed by atoms with Gasteiger partial charge in [0.2, 0.25) is 5.91 Å². The van der Waals surface area contributed by atoms with E-state index in [1.807, 2.05) is 13.8 Å². The third-order valence-electron chi connectivity index (χ3n) is 1.52. The Kier molecular flexibility index (Phi) is 2.52. The van der Waals surface area contributed by atoms with Crippen LogP contribution >= 0.6 is 0 Å². The average Bonchev–Trinajstić information content (AvgIpc) is 1.85.